The number of fused-ring (bicyclic) bond motifs is 1. The number of rotatable bonds is 7. The molecule has 0 spiro atoms. The van der Waals surface area contributed by atoms with E-state index in [0.29, 0.717) is 11.3 Å². The number of nitrogen functional groups attached to an aromatic ring is 1. The number of thioether (sulfide) groups is 1. The Labute approximate surface area is 201 Å². The number of nitrogens with zero attached hydrogens (tertiary/aromatic N) is 3. The number of β-lactam (4-membered cyclic amide) rings is 1. The lowest BCUT2D eigenvalue weighted by Crippen LogP contribution is -2.70. The zero-order valence-corrected chi connectivity index (χ0v) is 19.3. The Morgan fingerprint density at radius 2 is 2.09 bits per heavy atom. The number of anilines is 1. The van der Waals surface area contributed by atoms with E-state index in [4.69, 9.17) is 15.3 Å². The number of oxime groups is 1. The highest BCUT2D eigenvalue weighted by atomic mass is 32.2. The van der Waals surface area contributed by atoms with Gasteiger partial charge in [0.2, 0.25) is 5.88 Å². The molecule has 176 valence electrons. The molecule has 34 heavy (non-hydrogen) atoms. The van der Waals surface area contributed by atoms with Gasteiger partial charge < -0.3 is 25.7 Å². The van der Waals surface area contributed by atoms with Crippen molar-refractivity contribution in [2.75, 3.05) is 18.6 Å². The van der Waals surface area contributed by atoms with Crippen LogP contribution in [0.3, 0.4) is 0 Å². The maximum absolute atomic E-state index is 12.9. The molecule has 2 aliphatic heterocycles. The smallest absolute Gasteiger partial charge is 0.449 e. The lowest BCUT2D eigenvalue weighted by Gasteiger charge is -2.48. The van der Waals surface area contributed by atoms with E-state index in [2.05, 4.69) is 15.5 Å². The first kappa shape index (κ1) is 23.3. The molecule has 3 heterocycles. The van der Waals surface area contributed by atoms with Gasteiger partial charge in [0.15, 0.2) is 10.8 Å². The molecule has 2 aliphatic rings. The van der Waals surface area contributed by atoms with E-state index in [1.165, 1.54) is 23.8 Å². The summed E-state index contributed by atoms with van der Waals surface area (Å²) < 4.78 is 4.97. The average molecular weight is 502 g/mol. The molecule has 13 heteroatoms. The first-order chi connectivity index (χ1) is 16.4. The molecule has 11 nitrogen and oxygen atoms in total. The van der Waals surface area contributed by atoms with Crippen molar-refractivity contribution in [2.24, 2.45) is 5.16 Å². The highest BCUT2D eigenvalue weighted by molar-refractivity contribution is 8.00. The average Bonchev–Trinajstić information content (AvgIpc) is 3.25. The van der Waals surface area contributed by atoms with Crippen LogP contribution < -0.4 is 11.1 Å². The number of carbonyl (C=O) groups is 3. The summed E-state index contributed by atoms with van der Waals surface area (Å²) in [6, 6.07) is 8.51. The van der Waals surface area contributed by atoms with E-state index < -0.39 is 29.4 Å². The molecule has 2 amide bonds. The summed E-state index contributed by atoms with van der Waals surface area (Å²) in [5, 5.41) is 16.8. The molecule has 1 aromatic heterocycles. The zero-order chi connectivity index (χ0) is 24.2. The molecule has 0 radical (unpaired) electrons. The number of benzene rings is 1. The van der Waals surface area contributed by atoms with Crippen molar-refractivity contribution in [1.29, 1.82) is 0 Å². The fourth-order valence-corrected chi connectivity index (χ4v) is 5.20. The minimum absolute atomic E-state index is 0.0722. The van der Waals surface area contributed by atoms with E-state index in [0.717, 1.165) is 16.9 Å². The van der Waals surface area contributed by atoms with Crippen LogP contribution in [0.2, 0.25) is 0 Å². The van der Waals surface area contributed by atoms with Crippen LogP contribution in [0.15, 0.2) is 58.4 Å². The standard InChI is InChI=1S/C21H19N5O6S2/c1-31-25-14(13-10-34-20(22)23-13)16(27)24-15-17(28)26-18(32-21(29)30)12(9-33-19(15)26)8-7-11-5-3-2-4-6-11/h2-8,10,15,19H,9H2,1H3,(H2,22,23)(H,24,27)(H,29,30)/t15?,19-/m0/s1. The Kier molecular flexibility index (Phi) is 6.84. The third-order valence-electron chi connectivity index (χ3n) is 4.86. The van der Waals surface area contributed by atoms with Gasteiger partial charge in [0, 0.05) is 16.7 Å². The summed E-state index contributed by atoms with van der Waals surface area (Å²) in [5.41, 5.74) is 7.15. The van der Waals surface area contributed by atoms with Crippen LogP contribution in [-0.2, 0) is 19.2 Å². The maximum Gasteiger partial charge on any atom is 0.512 e. The minimum atomic E-state index is -1.54. The second kappa shape index (κ2) is 9.97. The molecule has 1 fully saturated rings. The number of carbonyl (C=O) groups excluding carboxylic acids is 2. The summed E-state index contributed by atoms with van der Waals surface area (Å²) in [6.07, 6.45) is 1.98. The quantitative estimate of drug-likeness (QED) is 0.224. The van der Waals surface area contributed by atoms with E-state index in [9.17, 15) is 19.5 Å². The fraction of sp³-hybridized carbons (Fsp3) is 0.190. The van der Waals surface area contributed by atoms with Gasteiger partial charge in [-0.15, -0.1) is 23.1 Å². The predicted molar refractivity (Wildman–Crippen MR) is 127 cm³/mol. The number of nitrogens with one attached hydrogen (secondary N) is 1. The van der Waals surface area contributed by atoms with Crippen molar-refractivity contribution in [3.8, 4) is 0 Å². The Balaban J connectivity index is 1.54. The van der Waals surface area contributed by atoms with E-state index in [1.54, 1.807) is 17.5 Å². The van der Waals surface area contributed by atoms with E-state index in [-0.39, 0.29) is 22.4 Å². The molecule has 1 unspecified atom stereocenters. The normalized spacial score (nSPS) is 20.1. The molecule has 4 N–H and O–H groups in total. The maximum atomic E-state index is 12.9. The van der Waals surface area contributed by atoms with Crippen molar-refractivity contribution < 1.29 is 29.1 Å². The number of hydrogen-bond donors (Lipinski definition) is 3. The third-order valence-corrected chi connectivity index (χ3v) is 6.83. The summed E-state index contributed by atoms with van der Waals surface area (Å²) >= 11 is 2.50. The summed E-state index contributed by atoms with van der Waals surface area (Å²) in [7, 11) is 1.28. The molecule has 1 aromatic carbocycles. The topological polar surface area (TPSA) is 156 Å². The first-order valence-electron chi connectivity index (χ1n) is 9.84. The van der Waals surface area contributed by atoms with Crippen LogP contribution >= 0.6 is 23.1 Å². The van der Waals surface area contributed by atoms with Crippen LogP contribution in [0.4, 0.5) is 9.93 Å². The second-order valence-electron chi connectivity index (χ2n) is 7.00. The minimum Gasteiger partial charge on any atom is -0.449 e. The number of thiazole rings is 1. The van der Waals surface area contributed by atoms with Gasteiger partial charge >= 0.3 is 6.16 Å². The molecule has 2 aromatic rings. The van der Waals surface area contributed by atoms with Crippen LogP contribution in [0.25, 0.3) is 6.08 Å². The lowest BCUT2D eigenvalue weighted by molar-refractivity contribution is -0.148. The number of hydrogen-bond acceptors (Lipinski definition) is 10. The zero-order valence-electron chi connectivity index (χ0n) is 17.7. The van der Waals surface area contributed by atoms with E-state index in [1.807, 2.05) is 30.3 Å². The van der Waals surface area contributed by atoms with Crippen molar-refractivity contribution in [3.63, 3.8) is 0 Å². The molecule has 4 rings (SSSR count). The molecule has 0 aliphatic carbocycles. The SMILES string of the molecule is CON=C(C(=O)NC1C(=O)N2C(OC(=O)O)=C(C=Cc3ccccc3)CS[C@@H]12)c1csc(N)n1. The van der Waals surface area contributed by atoms with Gasteiger partial charge in [0.25, 0.3) is 11.8 Å². The van der Waals surface area contributed by atoms with Gasteiger partial charge in [-0.1, -0.05) is 47.6 Å². The summed E-state index contributed by atoms with van der Waals surface area (Å²) in [6.45, 7) is 0. The van der Waals surface area contributed by atoms with Crippen LogP contribution in [0.5, 0.6) is 0 Å². The first-order valence-corrected chi connectivity index (χ1v) is 11.8. The Morgan fingerprint density at radius 3 is 2.74 bits per heavy atom. The van der Waals surface area contributed by atoms with Gasteiger partial charge in [-0.25, -0.2) is 9.78 Å². The molecular weight excluding hydrogens is 482 g/mol. The van der Waals surface area contributed by atoms with Crippen molar-refractivity contribution >= 4 is 58.0 Å². The number of carboxylic acid groups (broad SMARTS) is 1. The molecule has 0 saturated carbocycles. The Bertz CT molecular complexity index is 1210. The predicted octanol–water partition coefficient (Wildman–Crippen LogP) is 2.10. The van der Waals surface area contributed by atoms with Gasteiger partial charge in [-0.3, -0.25) is 14.5 Å². The number of nitrogens with two attached hydrogens (primary N) is 1. The Hall–Kier alpha value is -3.84. The molecule has 1 saturated heterocycles. The third kappa shape index (κ3) is 4.75. The van der Waals surface area contributed by atoms with Crippen molar-refractivity contribution in [2.45, 2.75) is 11.4 Å². The highest BCUT2D eigenvalue weighted by Crippen LogP contribution is 2.41. The number of ether oxygens (including phenoxy) is 1. The summed E-state index contributed by atoms with van der Waals surface area (Å²) in [5.74, 6) is -0.891. The van der Waals surface area contributed by atoms with Gasteiger partial charge in [-0.05, 0) is 5.56 Å². The summed E-state index contributed by atoms with van der Waals surface area (Å²) in [4.78, 5) is 47.1. The lowest BCUT2D eigenvalue weighted by atomic mass is 10.0. The monoisotopic (exact) mass is 501 g/mol. The largest absolute Gasteiger partial charge is 0.512 e. The number of allylic oxidation sites excluding steroid dienone is 1. The van der Waals surface area contributed by atoms with Gasteiger partial charge in [-0.2, -0.15) is 0 Å². The number of aromatic nitrogens is 1. The number of amides is 2. The highest BCUT2D eigenvalue weighted by Gasteiger charge is 2.54. The molecule has 2 atom stereocenters. The second-order valence-corrected chi connectivity index (χ2v) is 8.99. The van der Waals surface area contributed by atoms with Crippen LogP contribution in [-0.4, -0.2) is 63.0 Å². The molecule has 0 bridgehead atoms. The van der Waals surface area contributed by atoms with Gasteiger partial charge in [0.1, 0.15) is 24.2 Å². The van der Waals surface area contributed by atoms with Crippen molar-refractivity contribution in [1.82, 2.24) is 15.2 Å². The van der Waals surface area contributed by atoms with Crippen LogP contribution in [0.1, 0.15) is 11.3 Å². The van der Waals surface area contributed by atoms with Crippen molar-refractivity contribution in [3.05, 3.63) is 64.5 Å². The van der Waals surface area contributed by atoms with Crippen LogP contribution in [0, 0.1) is 0 Å². The molecular formula is C21H19N5O6S2. The van der Waals surface area contributed by atoms with E-state index >= 15 is 0 Å². The fourth-order valence-electron chi connectivity index (χ4n) is 3.35. The Morgan fingerprint density at radius 1 is 1.32 bits per heavy atom. The van der Waals surface area contributed by atoms with Gasteiger partial charge in [0.05, 0.1) is 0 Å².